The SMILES string of the molecule is COC(=O)c1cc2cc(c1)COCc1cc(cc(O[Si](C)(C)C(C)(C)C)c1)COC2. The van der Waals surface area contributed by atoms with Crippen molar-refractivity contribution in [2.75, 3.05) is 7.11 Å². The van der Waals surface area contributed by atoms with Crippen molar-refractivity contribution in [1.82, 2.24) is 0 Å². The molecule has 0 saturated heterocycles. The molecule has 0 radical (unpaired) electrons. The lowest BCUT2D eigenvalue weighted by molar-refractivity contribution is 0.0599. The van der Waals surface area contributed by atoms with E-state index in [0.717, 1.165) is 28.0 Å². The minimum Gasteiger partial charge on any atom is -0.543 e. The third-order valence-electron chi connectivity index (χ3n) is 5.75. The Bertz CT molecular complexity index is 868. The van der Waals surface area contributed by atoms with Crippen LogP contribution in [0.15, 0.2) is 36.4 Å². The van der Waals surface area contributed by atoms with Gasteiger partial charge in [-0.2, -0.15) is 0 Å². The summed E-state index contributed by atoms with van der Waals surface area (Å²) in [7, 11) is -0.557. The van der Waals surface area contributed by atoms with E-state index in [1.54, 1.807) is 0 Å². The summed E-state index contributed by atoms with van der Waals surface area (Å²) in [6.07, 6.45) is 0. The highest BCUT2D eigenvalue weighted by atomic mass is 28.4. The highest BCUT2D eigenvalue weighted by Crippen LogP contribution is 2.38. The molecule has 6 heteroatoms. The lowest BCUT2D eigenvalue weighted by Crippen LogP contribution is -2.43. The minimum atomic E-state index is -1.94. The van der Waals surface area contributed by atoms with Crippen molar-refractivity contribution in [2.24, 2.45) is 0 Å². The predicted octanol–water partition coefficient (Wildman–Crippen LogP) is 5.60. The van der Waals surface area contributed by atoms with Crippen molar-refractivity contribution < 1.29 is 23.4 Å². The van der Waals surface area contributed by atoms with Gasteiger partial charge in [-0.15, -0.1) is 0 Å². The number of hydrogen-bond acceptors (Lipinski definition) is 5. The highest BCUT2D eigenvalue weighted by Gasteiger charge is 2.39. The van der Waals surface area contributed by atoms with Crippen LogP contribution in [0.5, 0.6) is 5.75 Å². The second kappa shape index (κ2) is 8.92. The van der Waals surface area contributed by atoms with Crippen LogP contribution in [-0.2, 0) is 40.6 Å². The van der Waals surface area contributed by atoms with Crippen LogP contribution in [0, 0.1) is 0 Å². The van der Waals surface area contributed by atoms with E-state index in [9.17, 15) is 4.79 Å². The molecular formula is C24H32O5Si. The van der Waals surface area contributed by atoms with Crippen molar-refractivity contribution in [2.45, 2.75) is 65.3 Å². The third kappa shape index (κ3) is 5.50. The number of carbonyl (C=O) groups excluding carboxylic acids is 1. The van der Waals surface area contributed by atoms with Gasteiger partial charge < -0.3 is 18.6 Å². The summed E-state index contributed by atoms with van der Waals surface area (Å²) in [5, 5.41) is 0.122. The van der Waals surface area contributed by atoms with E-state index < -0.39 is 8.32 Å². The monoisotopic (exact) mass is 428 g/mol. The molecule has 162 valence electrons. The van der Waals surface area contributed by atoms with Gasteiger partial charge in [-0.05, 0) is 64.7 Å². The van der Waals surface area contributed by atoms with Gasteiger partial charge in [0.2, 0.25) is 8.32 Å². The first-order valence-electron chi connectivity index (χ1n) is 10.3. The molecule has 0 saturated carbocycles. The molecule has 4 bridgehead atoms. The Balaban J connectivity index is 1.84. The maximum Gasteiger partial charge on any atom is 0.337 e. The van der Waals surface area contributed by atoms with Crippen LogP contribution < -0.4 is 4.43 Å². The zero-order valence-electron chi connectivity index (χ0n) is 18.8. The Hall–Kier alpha value is -2.15. The number of esters is 1. The fraction of sp³-hybridized carbons (Fsp3) is 0.458. The van der Waals surface area contributed by atoms with Gasteiger partial charge in [-0.25, -0.2) is 4.79 Å². The normalized spacial score (nSPS) is 15.0. The Morgan fingerprint density at radius 3 is 1.67 bits per heavy atom. The molecule has 0 spiro atoms. The van der Waals surface area contributed by atoms with Crippen LogP contribution >= 0.6 is 0 Å². The van der Waals surface area contributed by atoms with E-state index in [0.29, 0.717) is 32.0 Å². The number of rotatable bonds is 3. The van der Waals surface area contributed by atoms with Crippen molar-refractivity contribution in [3.8, 4) is 5.75 Å². The molecule has 3 rings (SSSR count). The summed E-state index contributed by atoms with van der Waals surface area (Å²) in [6.45, 7) is 12.9. The molecule has 1 aliphatic heterocycles. The van der Waals surface area contributed by atoms with E-state index in [2.05, 4.69) is 52.1 Å². The maximum absolute atomic E-state index is 12.0. The van der Waals surface area contributed by atoms with Gasteiger partial charge in [0.25, 0.3) is 0 Å². The second-order valence-corrected chi connectivity index (χ2v) is 14.1. The van der Waals surface area contributed by atoms with Gasteiger partial charge in [-0.3, -0.25) is 0 Å². The van der Waals surface area contributed by atoms with Gasteiger partial charge in [0, 0.05) is 0 Å². The predicted molar refractivity (Wildman–Crippen MR) is 119 cm³/mol. The van der Waals surface area contributed by atoms with Crippen LogP contribution in [0.1, 0.15) is 53.4 Å². The van der Waals surface area contributed by atoms with Crippen molar-refractivity contribution >= 4 is 14.3 Å². The number of hydrogen-bond donors (Lipinski definition) is 0. The lowest BCUT2D eigenvalue weighted by Gasteiger charge is -2.36. The molecule has 0 aromatic heterocycles. The molecular weight excluding hydrogens is 396 g/mol. The maximum atomic E-state index is 12.0. The molecule has 0 N–H and O–H groups in total. The van der Waals surface area contributed by atoms with Crippen LogP contribution in [0.25, 0.3) is 0 Å². The fourth-order valence-corrected chi connectivity index (χ4v) is 4.15. The smallest absolute Gasteiger partial charge is 0.337 e. The summed E-state index contributed by atoms with van der Waals surface area (Å²) in [6, 6.07) is 11.9. The van der Waals surface area contributed by atoms with Crippen LogP contribution in [0.4, 0.5) is 0 Å². The van der Waals surface area contributed by atoms with Gasteiger partial charge in [0.15, 0.2) is 0 Å². The van der Waals surface area contributed by atoms with Gasteiger partial charge >= 0.3 is 5.97 Å². The Morgan fingerprint density at radius 2 is 1.27 bits per heavy atom. The van der Waals surface area contributed by atoms with Crippen LogP contribution in [0.2, 0.25) is 18.1 Å². The van der Waals surface area contributed by atoms with Gasteiger partial charge in [0.1, 0.15) is 5.75 Å². The molecule has 2 aromatic carbocycles. The summed E-state index contributed by atoms with van der Waals surface area (Å²) in [5.41, 5.74) is 4.46. The molecule has 1 heterocycles. The summed E-state index contributed by atoms with van der Waals surface area (Å²) >= 11 is 0. The van der Waals surface area contributed by atoms with Crippen molar-refractivity contribution in [1.29, 1.82) is 0 Å². The Labute approximate surface area is 180 Å². The van der Waals surface area contributed by atoms with E-state index >= 15 is 0 Å². The van der Waals surface area contributed by atoms with Crippen LogP contribution in [0.3, 0.4) is 0 Å². The molecule has 0 aliphatic carbocycles. The number of fused-ring (bicyclic) bond motifs is 4. The average molecular weight is 429 g/mol. The number of methoxy groups -OCH3 is 1. The van der Waals surface area contributed by atoms with E-state index in [-0.39, 0.29) is 11.0 Å². The molecule has 30 heavy (non-hydrogen) atoms. The largest absolute Gasteiger partial charge is 0.543 e. The standard InChI is InChI=1S/C24H32O5Si/c1-24(2,3)30(5,6)29-22-11-19-8-20(12-22)16-28-14-18-7-17(13-27-15-19)9-21(10-18)23(25)26-4/h7-12H,13-16H2,1-6H3. The quantitative estimate of drug-likeness (QED) is 0.470. The molecule has 2 aromatic rings. The molecule has 0 atom stereocenters. The molecule has 0 amide bonds. The summed E-state index contributed by atoms with van der Waals surface area (Å²) in [4.78, 5) is 12.0. The zero-order valence-corrected chi connectivity index (χ0v) is 19.8. The number of benzene rings is 2. The molecule has 0 fully saturated rings. The Kier molecular flexibility index (Phi) is 6.70. The fourth-order valence-electron chi connectivity index (χ4n) is 3.14. The van der Waals surface area contributed by atoms with Gasteiger partial charge in [-0.1, -0.05) is 32.9 Å². The number of ether oxygens (including phenoxy) is 3. The molecule has 5 nitrogen and oxygen atoms in total. The highest BCUT2D eigenvalue weighted by molar-refractivity contribution is 6.74. The molecule has 0 unspecified atom stereocenters. The van der Waals surface area contributed by atoms with Crippen molar-refractivity contribution in [3.05, 3.63) is 64.2 Å². The van der Waals surface area contributed by atoms with Gasteiger partial charge in [0.05, 0.1) is 39.1 Å². The van der Waals surface area contributed by atoms with Crippen molar-refractivity contribution in [3.63, 3.8) is 0 Å². The average Bonchev–Trinajstić information content (AvgIpc) is 2.65. The van der Waals surface area contributed by atoms with Crippen LogP contribution in [-0.4, -0.2) is 21.4 Å². The lowest BCUT2D eigenvalue weighted by atomic mass is 10.1. The first kappa shape index (κ1) is 22.5. The third-order valence-corrected chi connectivity index (χ3v) is 10.1. The topological polar surface area (TPSA) is 54.0 Å². The second-order valence-electron chi connectivity index (χ2n) is 9.36. The first-order valence-corrected chi connectivity index (χ1v) is 13.2. The summed E-state index contributed by atoms with van der Waals surface area (Å²) < 4.78 is 23.3. The zero-order chi connectivity index (χ0) is 21.9. The minimum absolute atomic E-state index is 0.122. The van der Waals surface area contributed by atoms with E-state index in [1.165, 1.54) is 7.11 Å². The number of carbonyl (C=O) groups is 1. The summed E-state index contributed by atoms with van der Waals surface area (Å²) in [5.74, 6) is 0.521. The first-order chi connectivity index (χ1) is 14.1. The molecule has 1 aliphatic rings. The Morgan fingerprint density at radius 1 is 0.833 bits per heavy atom. The van der Waals surface area contributed by atoms with E-state index in [4.69, 9.17) is 18.6 Å². The van der Waals surface area contributed by atoms with E-state index in [1.807, 2.05) is 18.2 Å².